The zero-order valence-electron chi connectivity index (χ0n) is 9.12. The third-order valence-corrected chi connectivity index (χ3v) is 3.31. The minimum atomic E-state index is -0.268. The summed E-state index contributed by atoms with van der Waals surface area (Å²) in [4.78, 5) is 22.6. The fourth-order valence-corrected chi connectivity index (χ4v) is 2.60. The number of esters is 1. The Labute approximate surface area is 94.3 Å². The lowest BCUT2D eigenvalue weighted by molar-refractivity contribution is -0.138. The molecule has 1 aliphatic carbocycles. The van der Waals surface area contributed by atoms with E-state index in [1.807, 2.05) is 6.08 Å². The maximum absolute atomic E-state index is 11.6. The molecule has 0 N–H and O–H groups in total. The first-order valence-electron chi connectivity index (χ1n) is 5.19. The first kappa shape index (κ1) is 12.3. The van der Waals surface area contributed by atoms with E-state index in [1.165, 1.54) is 18.7 Å². The first-order valence-corrected chi connectivity index (χ1v) is 6.07. The van der Waals surface area contributed by atoms with Crippen LogP contribution in [0, 0.1) is 0 Å². The van der Waals surface area contributed by atoms with Gasteiger partial charge in [0.15, 0.2) is 5.12 Å². The molecule has 0 aliphatic heterocycles. The number of ether oxygens (including phenoxy) is 1. The van der Waals surface area contributed by atoms with E-state index in [-0.39, 0.29) is 16.3 Å². The topological polar surface area (TPSA) is 43.4 Å². The summed E-state index contributed by atoms with van der Waals surface area (Å²) in [6.07, 6.45) is 4.73. The summed E-state index contributed by atoms with van der Waals surface area (Å²) in [5.41, 5.74) is 0.670. The van der Waals surface area contributed by atoms with Crippen molar-refractivity contribution in [2.45, 2.75) is 38.4 Å². The lowest BCUT2D eigenvalue weighted by Crippen LogP contribution is -2.21. The van der Waals surface area contributed by atoms with Crippen molar-refractivity contribution in [1.82, 2.24) is 0 Å². The van der Waals surface area contributed by atoms with Crippen molar-refractivity contribution >= 4 is 22.8 Å². The predicted octanol–water partition coefficient (Wildman–Crippen LogP) is 2.31. The Kier molecular flexibility index (Phi) is 4.88. The van der Waals surface area contributed by atoms with Crippen LogP contribution in [-0.2, 0) is 14.3 Å². The summed E-state index contributed by atoms with van der Waals surface area (Å²) in [5, 5.41) is 0.0485. The molecule has 84 valence electrons. The first-order chi connectivity index (χ1) is 7.15. The molecule has 0 heterocycles. The molecule has 1 unspecified atom stereocenters. The second-order valence-corrected chi connectivity index (χ2v) is 4.79. The normalized spacial score (nSPS) is 20.7. The van der Waals surface area contributed by atoms with Crippen LogP contribution in [0.3, 0.4) is 0 Å². The van der Waals surface area contributed by atoms with E-state index in [4.69, 9.17) is 4.74 Å². The lowest BCUT2D eigenvalue weighted by Gasteiger charge is -2.21. The van der Waals surface area contributed by atoms with Crippen LogP contribution in [0.15, 0.2) is 11.6 Å². The molecule has 15 heavy (non-hydrogen) atoms. The van der Waals surface area contributed by atoms with E-state index < -0.39 is 0 Å². The lowest BCUT2D eigenvalue weighted by atomic mass is 9.99. The number of thioether (sulfide) groups is 1. The van der Waals surface area contributed by atoms with Gasteiger partial charge in [-0.15, -0.1) is 0 Å². The van der Waals surface area contributed by atoms with Gasteiger partial charge in [0, 0.05) is 17.7 Å². The highest BCUT2D eigenvalue weighted by atomic mass is 32.2. The summed E-state index contributed by atoms with van der Waals surface area (Å²) in [6, 6.07) is 0. The van der Waals surface area contributed by atoms with Crippen LogP contribution in [0.5, 0.6) is 0 Å². The molecule has 0 aromatic carbocycles. The minimum absolute atomic E-state index is 0.00435. The van der Waals surface area contributed by atoms with Crippen LogP contribution in [0.2, 0.25) is 0 Å². The van der Waals surface area contributed by atoms with E-state index in [0.29, 0.717) is 12.2 Å². The Morgan fingerprint density at radius 3 is 2.93 bits per heavy atom. The highest BCUT2D eigenvalue weighted by Crippen LogP contribution is 2.30. The third kappa shape index (κ3) is 3.70. The van der Waals surface area contributed by atoms with E-state index in [1.54, 1.807) is 6.92 Å². The molecule has 0 bridgehead atoms. The van der Waals surface area contributed by atoms with Gasteiger partial charge in [0.05, 0.1) is 6.61 Å². The van der Waals surface area contributed by atoms with Gasteiger partial charge in [-0.2, -0.15) is 0 Å². The fourth-order valence-electron chi connectivity index (χ4n) is 1.60. The predicted molar refractivity (Wildman–Crippen MR) is 60.6 cm³/mol. The number of hydrogen-bond acceptors (Lipinski definition) is 4. The van der Waals surface area contributed by atoms with Gasteiger partial charge in [-0.3, -0.25) is 4.79 Å². The molecule has 1 atom stereocenters. The van der Waals surface area contributed by atoms with Crippen LogP contribution in [0.4, 0.5) is 0 Å². The maximum atomic E-state index is 11.6. The molecule has 0 saturated carbocycles. The number of hydrogen-bond donors (Lipinski definition) is 0. The molecule has 4 heteroatoms. The van der Waals surface area contributed by atoms with Gasteiger partial charge in [0.1, 0.15) is 0 Å². The monoisotopic (exact) mass is 228 g/mol. The number of allylic oxidation sites excluding steroid dienone is 1. The quantitative estimate of drug-likeness (QED) is 0.695. The second-order valence-electron chi connectivity index (χ2n) is 3.41. The van der Waals surface area contributed by atoms with Gasteiger partial charge < -0.3 is 4.74 Å². The molecule has 1 aliphatic rings. The van der Waals surface area contributed by atoms with Gasteiger partial charge in [-0.25, -0.2) is 4.79 Å². The highest BCUT2D eigenvalue weighted by molar-refractivity contribution is 8.14. The Balaban J connectivity index is 2.68. The number of carbonyl (C=O) groups is 2. The van der Waals surface area contributed by atoms with Gasteiger partial charge in [0.25, 0.3) is 0 Å². The van der Waals surface area contributed by atoms with Crippen LogP contribution >= 0.6 is 11.8 Å². The van der Waals surface area contributed by atoms with Gasteiger partial charge in [0.2, 0.25) is 0 Å². The van der Waals surface area contributed by atoms with Crippen LogP contribution in [0.1, 0.15) is 33.1 Å². The minimum Gasteiger partial charge on any atom is -0.463 e. The molecular formula is C11H16O3S. The molecule has 0 aromatic rings. The van der Waals surface area contributed by atoms with Crippen molar-refractivity contribution in [2.75, 3.05) is 6.61 Å². The molecule has 1 rings (SSSR count). The standard InChI is InChI=1S/C11H16O3S/c1-3-14-11(13)9-6-4-5-7-10(9)15-8(2)12/h6,10H,3-5,7H2,1-2H3. The molecule has 0 amide bonds. The highest BCUT2D eigenvalue weighted by Gasteiger charge is 2.25. The fraction of sp³-hybridized carbons (Fsp3) is 0.636. The Morgan fingerprint density at radius 1 is 1.60 bits per heavy atom. The molecule has 3 nitrogen and oxygen atoms in total. The van der Waals surface area contributed by atoms with Crippen LogP contribution < -0.4 is 0 Å². The average molecular weight is 228 g/mol. The molecule has 0 fully saturated rings. The summed E-state index contributed by atoms with van der Waals surface area (Å²) >= 11 is 1.23. The third-order valence-electron chi connectivity index (χ3n) is 2.20. The Morgan fingerprint density at radius 2 is 2.33 bits per heavy atom. The molecule has 0 spiro atoms. The largest absolute Gasteiger partial charge is 0.463 e. The van der Waals surface area contributed by atoms with Crippen LogP contribution in [-0.4, -0.2) is 22.9 Å². The van der Waals surface area contributed by atoms with E-state index in [0.717, 1.165) is 19.3 Å². The number of carbonyl (C=O) groups excluding carboxylic acids is 2. The molecular weight excluding hydrogens is 212 g/mol. The SMILES string of the molecule is CCOC(=O)C1=CCCCC1SC(C)=O. The van der Waals surface area contributed by atoms with Crippen LogP contribution in [0.25, 0.3) is 0 Å². The van der Waals surface area contributed by atoms with Gasteiger partial charge in [-0.1, -0.05) is 17.8 Å². The van der Waals surface area contributed by atoms with E-state index in [9.17, 15) is 9.59 Å². The maximum Gasteiger partial charge on any atom is 0.334 e. The molecule has 0 radical (unpaired) electrons. The van der Waals surface area contributed by atoms with Crippen molar-refractivity contribution in [2.24, 2.45) is 0 Å². The smallest absolute Gasteiger partial charge is 0.334 e. The van der Waals surface area contributed by atoms with Crippen molar-refractivity contribution < 1.29 is 14.3 Å². The summed E-state index contributed by atoms with van der Waals surface area (Å²) in [6.45, 7) is 3.70. The zero-order valence-corrected chi connectivity index (χ0v) is 9.93. The Bertz CT molecular complexity index is 284. The van der Waals surface area contributed by atoms with Gasteiger partial charge >= 0.3 is 5.97 Å². The summed E-state index contributed by atoms with van der Waals surface area (Å²) < 4.78 is 4.96. The zero-order chi connectivity index (χ0) is 11.3. The molecule has 0 saturated heterocycles. The second kappa shape index (κ2) is 5.95. The Hall–Kier alpha value is -0.770. The van der Waals surface area contributed by atoms with Gasteiger partial charge in [-0.05, 0) is 26.2 Å². The summed E-state index contributed by atoms with van der Waals surface area (Å²) in [5.74, 6) is -0.268. The molecule has 0 aromatic heterocycles. The van der Waals surface area contributed by atoms with Crippen molar-refractivity contribution in [3.8, 4) is 0 Å². The van der Waals surface area contributed by atoms with Crippen molar-refractivity contribution in [1.29, 1.82) is 0 Å². The van der Waals surface area contributed by atoms with Crippen molar-refractivity contribution in [3.05, 3.63) is 11.6 Å². The average Bonchev–Trinajstić information content (AvgIpc) is 2.18. The van der Waals surface area contributed by atoms with E-state index >= 15 is 0 Å². The van der Waals surface area contributed by atoms with Crippen molar-refractivity contribution in [3.63, 3.8) is 0 Å². The summed E-state index contributed by atoms with van der Waals surface area (Å²) in [7, 11) is 0. The van der Waals surface area contributed by atoms with E-state index in [2.05, 4.69) is 0 Å². The number of rotatable bonds is 3.